The molecule has 0 spiro atoms. The molecule has 0 saturated heterocycles. The highest BCUT2D eigenvalue weighted by molar-refractivity contribution is 6.33. The molecule has 0 bridgehead atoms. The van der Waals surface area contributed by atoms with E-state index in [0.29, 0.717) is 81.9 Å². The molecule has 0 amide bonds. The largest absolute Gasteiger partial charge is 0.370 e. The van der Waals surface area contributed by atoms with Crippen molar-refractivity contribution in [3.63, 3.8) is 0 Å². The van der Waals surface area contributed by atoms with E-state index in [4.69, 9.17) is 98.4 Å². The molecular weight excluding hydrogens is 1760 g/mol. The van der Waals surface area contributed by atoms with Crippen molar-refractivity contribution in [1.29, 1.82) is 0 Å². The van der Waals surface area contributed by atoms with Crippen LogP contribution in [0.25, 0.3) is 0 Å². The van der Waals surface area contributed by atoms with Crippen LogP contribution in [0.3, 0.4) is 0 Å². The first-order chi connectivity index (χ1) is 60.3. The molecule has 7 heterocycles. The van der Waals surface area contributed by atoms with E-state index in [1.54, 1.807) is 12.1 Å². The molecule has 0 saturated carbocycles. The Morgan fingerprint density at radius 2 is 0.772 bits per heavy atom. The van der Waals surface area contributed by atoms with Gasteiger partial charge in [0.2, 0.25) is 47.7 Å². The van der Waals surface area contributed by atoms with Crippen LogP contribution >= 0.6 is 81.2 Å². The van der Waals surface area contributed by atoms with E-state index in [1.807, 2.05) is 299 Å². The van der Waals surface area contributed by atoms with Crippen LogP contribution in [0, 0.1) is 0 Å². The fourth-order valence-electron chi connectivity index (χ4n) is 11.6. The molecule has 42 heteroatoms. The molecule has 0 radical (unpaired) electrons. The lowest BCUT2D eigenvalue weighted by atomic mass is 10.1. The normalized spacial score (nSPS) is 19.4. The van der Waals surface area contributed by atoms with Gasteiger partial charge in [-0.3, -0.25) is 41.8 Å². The number of anilines is 5. The second kappa shape index (κ2) is 49.6. The summed E-state index contributed by atoms with van der Waals surface area (Å²) in [7, 11) is 17.6. The number of hydrogen-bond acceptors (Lipinski definition) is 31. The third-order valence-electron chi connectivity index (χ3n) is 17.4. The highest BCUT2D eigenvalue weighted by Crippen LogP contribution is 2.24. The third-order valence-corrected chi connectivity index (χ3v) is 19.1. The Bertz CT molecular complexity index is 5220. The Balaban J connectivity index is 0.000000183. The summed E-state index contributed by atoms with van der Waals surface area (Å²) >= 11 is 41.2. The molecule has 35 nitrogen and oxygen atoms in total. The second-order valence-electron chi connectivity index (χ2n) is 29.6. The Hall–Kier alpha value is -12.3. The lowest BCUT2D eigenvalue weighted by Crippen LogP contribution is -2.52. The molecule has 7 aromatic rings. The fourth-order valence-corrected chi connectivity index (χ4v) is 12.7. The Labute approximate surface area is 778 Å². The molecule has 678 valence electrons. The number of guanidine groups is 14. The van der Waals surface area contributed by atoms with Gasteiger partial charge in [0.25, 0.3) is 0 Å². The zero-order valence-electron chi connectivity index (χ0n) is 74.2. The molecule has 18 N–H and O–H groups in total. The topological polar surface area (TPSA) is 415 Å². The van der Waals surface area contributed by atoms with Crippen LogP contribution in [0.15, 0.2) is 240 Å². The molecule has 14 rings (SSSR count). The standard InChI is InChI=1S/C14H20ClN5.2C13H18ClN5.2C12H16ClN5.C11H14ClN5.C10H12ClN5/c1-10-16-13(18(2)3)20(5)14(17-10)19(4)12-8-6-11(15)7-9-12;1-9-15-12(18(2)3)17-13(16-9)19(4)11-7-5-10(14)6-8-11;1-8(2)15-12-16-9(3)17-13(19-12)18-11-6-4-5-10(14)7-11;1-8-14-11(17-12(15-8)18(2)3)16-10-6-4-9(13)5-7-10;1-8-16-11(14)18-12(17-8)15-6-5-9-3-2-4-10(13)7-9;1-7-15-10(13)17-11(16-7)14-6-8-2-4-9(12)5-3-8;1-6-13-9(12)16-10(14-6)15-8-4-2-3-7(11)5-8/h6-10H,1-5H3;5-9H,1-4H3,(H,15,16,17);4-9H,1-3H3,(H3,15,16,17,18,19);4-8H,1-3H3,(H2,14,15,16,17);2-4,7-8H,5-6H2,1H3,(H4,14,15,16,17,18);2-5,7H,6H2,1H3,(H4,13,14,15,16,17);2-6H,1H3,(H4,12,13,14,15,16). The van der Waals surface area contributed by atoms with Crippen LogP contribution in [0.2, 0.25) is 35.2 Å². The van der Waals surface area contributed by atoms with E-state index in [2.05, 4.69) is 148 Å². The van der Waals surface area contributed by atoms with Crippen molar-refractivity contribution in [3.05, 3.63) is 216 Å². The monoisotopic (exact) mass is 1870 g/mol. The first kappa shape index (κ1) is 100. The SMILES string of the molecule is CC1N=C(N(C)C)N(C)C(N(C)c2ccc(Cl)cc2)=N1.CC1N=C(N(C)C)NC(N(C)c2ccc(Cl)cc2)=N1.CC1N=C(N)NC(=NCCc2cccc(Cl)c2)N1.CC1N=C(N)NC(=NCc2ccc(Cl)cc2)N1.CC1N=C(N)NC(Nc2cccc(Cl)c2)=N1.CC1N=C(Nc2ccc(Cl)cc2)NC(N(C)C)=N1.CC1N=C(Nc2cccc(Cl)c2)NC(NC(C)C)=N1. The van der Waals surface area contributed by atoms with Crippen molar-refractivity contribution in [1.82, 2.24) is 67.5 Å². The highest BCUT2D eigenvalue weighted by Gasteiger charge is 2.26. The van der Waals surface area contributed by atoms with Gasteiger partial charge in [0.05, 0.1) is 6.54 Å². The lowest BCUT2D eigenvalue weighted by Gasteiger charge is -2.35. The van der Waals surface area contributed by atoms with Crippen molar-refractivity contribution in [2.75, 3.05) is 95.7 Å². The third kappa shape index (κ3) is 35.2. The summed E-state index contributed by atoms with van der Waals surface area (Å²) in [4.78, 5) is 72.6. The predicted molar refractivity (Wildman–Crippen MR) is 535 cm³/mol. The van der Waals surface area contributed by atoms with Crippen LogP contribution in [-0.2, 0) is 13.0 Å². The Morgan fingerprint density at radius 3 is 1.26 bits per heavy atom. The van der Waals surface area contributed by atoms with E-state index in [0.717, 1.165) is 102 Å². The van der Waals surface area contributed by atoms with E-state index < -0.39 is 0 Å². The first-order valence-corrected chi connectivity index (χ1v) is 43.0. The van der Waals surface area contributed by atoms with Crippen molar-refractivity contribution in [2.24, 2.45) is 87.1 Å². The number of nitrogens with two attached hydrogens (primary N) is 3. The number of halogens is 7. The summed E-state index contributed by atoms with van der Waals surface area (Å²) in [6.45, 7) is 18.8. The van der Waals surface area contributed by atoms with Gasteiger partial charge in [-0.2, -0.15) is 0 Å². The molecular formula is C85H114Cl7N35. The zero-order valence-corrected chi connectivity index (χ0v) is 79.5. The zero-order chi connectivity index (χ0) is 92.6. The predicted octanol–water partition coefficient (Wildman–Crippen LogP) is 12.2. The van der Waals surface area contributed by atoms with Crippen LogP contribution in [0.4, 0.5) is 28.4 Å². The van der Waals surface area contributed by atoms with Gasteiger partial charge >= 0.3 is 0 Å². The van der Waals surface area contributed by atoms with Gasteiger partial charge < -0.3 is 73.6 Å². The first-order valence-electron chi connectivity index (χ1n) is 40.4. The van der Waals surface area contributed by atoms with E-state index in [9.17, 15) is 0 Å². The van der Waals surface area contributed by atoms with Crippen molar-refractivity contribution < 1.29 is 0 Å². The summed E-state index contributed by atoms with van der Waals surface area (Å²) < 4.78 is 0. The van der Waals surface area contributed by atoms with Crippen molar-refractivity contribution in [3.8, 4) is 0 Å². The molecule has 7 aliphatic rings. The van der Waals surface area contributed by atoms with E-state index >= 15 is 0 Å². The molecule has 0 aromatic heterocycles. The molecule has 127 heavy (non-hydrogen) atoms. The second-order valence-corrected chi connectivity index (χ2v) is 32.7. The minimum absolute atomic E-state index is 0.0452. The minimum atomic E-state index is -0.178. The van der Waals surface area contributed by atoms with Gasteiger partial charge in [-0.05, 0) is 213 Å². The number of hydrogen-bond donors (Lipinski definition) is 15. The number of rotatable bonds is 11. The van der Waals surface area contributed by atoms with Crippen molar-refractivity contribution >= 4 is 193 Å². The average molecular weight is 1870 g/mol. The quantitative estimate of drug-likeness (QED) is 0.0572. The number of nitrogens with zero attached hydrogens (tertiary/aromatic N) is 20. The summed E-state index contributed by atoms with van der Waals surface area (Å²) in [6, 6.07) is 53.3. The maximum absolute atomic E-state index is 5.95. The maximum Gasteiger partial charge on any atom is 0.209 e. The van der Waals surface area contributed by atoms with Gasteiger partial charge in [-0.1, -0.05) is 118 Å². The Kier molecular flexibility index (Phi) is 39.1. The van der Waals surface area contributed by atoms with Gasteiger partial charge in [-0.25, -0.2) is 64.9 Å². The van der Waals surface area contributed by atoms with Gasteiger partial charge in [0, 0.05) is 140 Å². The van der Waals surface area contributed by atoms with Gasteiger partial charge in [0.15, 0.2) is 35.8 Å². The number of nitrogens with one attached hydrogen (secondary N) is 12. The van der Waals surface area contributed by atoms with Crippen LogP contribution in [-0.4, -0.2) is 222 Å². The molecule has 7 aliphatic heterocycles. The molecule has 0 aliphatic carbocycles. The molecule has 7 atom stereocenters. The summed E-state index contributed by atoms with van der Waals surface area (Å²) in [5, 5.41) is 41.9. The summed E-state index contributed by atoms with van der Waals surface area (Å²) in [5.41, 5.74) is 23.8. The molecule has 7 unspecified atom stereocenters. The molecule has 7 aromatic carbocycles. The lowest BCUT2D eigenvalue weighted by molar-refractivity contribution is 0.499. The Morgan fingerprint density at radius 1 is 0.370 bits per heavy atom. The van der Waals surface area contributed by atoms with Crippen molar-refractivity contribution in [2.45, 2.75) is 124 Å². The van der Waals surface area contributed by atoms with Crippen LogP contribution in [0.1, 0.15) is 73.4 Å². The fraction of sp³-hybridized carbons (Fsp3) is 0.341. The smallest absolute Gasteiger partial charge is 0.209 e. The average Bonchev–Trinajstić information content (AvgIpc) is 0.815. The summed E-state index contributed by atoms with van der Waals surface area (Å²) in [6.07, 6.45) is 0.150. The summed E-state index contributed by atoms with van der Waals surface area (Å²) in [5.74, 6) is 9.18. The van der Waals surface area contributed by atoms with Crippen LogP contribution < -0.4 is 90.8 Å². The molecule has 0 fully saturated rings. The minimum Gasteiger partial charge on any atom is -0.370 e. The van der Waals surface area contributed by atoms with Crippen LogP contribution in [0.5, 0.6) is 0 Å². The van der Waals surface area contributed by atoms with Gasteiger partial charge in [0.1, 0.15) is 43.2 Å². The van der Waals surface area contributed by atoms with E-state index in [-0.39, 0.29) is 43.2 Å². The highest BCUT2D eigenvalue weighted by atomic mass is 35.5. The maximum atomic E-state index is 5.95. The van der Waals surface area contributed by atoms with Gasteiger partial charge in [-0.15, -0.1) is 0 Å². The number of benzene rings is 7. The number of aliphatic imine (C=N–C) groups is 14. The van der Waals surface area contributed by atoms with E-state index in [1.165, 1.54) is 0 Å².